The van der Waals surface area contributed by atoms with Crippen molar-refractivity contribution in [1.82, 2.24) is 4.90 Å². The summed E-state index contributed by atoms with van der Waals surface area (Å²) >= 11 is 1.81. The molecule has 0 radical (unpaired) electrons. The van der Waals surface area contributed by atoms with Gasteiger partial charge in [-0.15, -0.1) is 11.3 Å². The van der Waals surface area contributed by atoms with Crippen molar-refractivity contribution >= 4 is 11.3 Å². The second kappa shape index (κ2) is 3.78. The molecule has 1 N–H and O–H groups in total. The van der Waals surface area contributed by atoms with E-state index in [1.807, 2.05) is 11.3 Å². The molecule has 0 aromatic carbocycles. The number of rotatable bonds is 2. The molecule has 72 valence electrons. The van der Waals surface area contributed by atoms with Gasteiger partial charge in [-0.2, -0.15) is 0 Å². The van der Waals surface area contributed by atoms with Crippen molar-refractivity contribution in [3.63, 3.8) is 0 Å². The molecule has 0 spiro atoms. The van der Waals surface area contributed by atoms with Gasteiger partial charge in [0.1, 0.15) is 0 Å². The largest absolute Gasteiger partial charge is 0.396 e. The summed E-state index contributed by atoms with van der Waals surface area (Å²) in [5.41, 5.74) is 0. The van der Waals surface area contributed by atoms with E-state index in [0.717, 1.165) is 13.0 Å². The Balaban J connectivity index is 2.09. The Kier molecular flexibility index (Phi) is 2.67. The molecule has 0 bridgehead atoms. The lowest BCUT2D eigenvalue weighted by Gasteiger charge is -2.17. The van der Waals surface area contributed by atoms with Gasteiger partial charge in [-0.05, 0) is 30.8 Å². The van der Waals surface area contributed by atoms with Gasteiger partial charge in [0.05, 0.1) is 0 Å². The molecule has 1 aliphatic rings. The first kappa shape index (κ1) is 9.19. The number of aliphatic hydroxyl groups is 1. The standard InChI is InChI=1S/C10H15NOS/c1-11-6-8(7-12)5-9(11)10-3-2-4-13-10/h2-4,8-9,12H,5-7H2,1H3. The minimum Gasteiger partial charge on any atom is -0.396 e. The number of likely N-dealkylation sites (tertiary alicyclic amines) is 1. The molecule has 1 aromatic rings. The maximum Gasteiger partial charge on any atom is 0.0472 e. The summed E-state index contributed by atoms with van der Waals surface area (Å²) in [5, 5.41) is 11.2. The van der Waals surface area contributed by atoms with Gasteiger partial charge in [-0.3, -0.25) is 4.90 Å². The van der Waals surface area contributed by atoms with Crippen LogP contribution in [-0.2, 0) is 0 Å². The molecule has 1 fully saturated rings. The first-order chi connectivity index (χ1) is 6.31. The molecule has 1 saturated heterocycles. The maximum absolute atomic E-state index is 9.08. The second-order valence-corrected chi connectivity index (χ2v) is 4.73. The number of aliphatic hydroxyl groups excluding tert-OH is 1. The number of thiophene rings is 1. The smallest absolute Gasteiger partial charge is 0.0472 e. The average Bonchev–Trinajstić information content (AvgIpc) is 2.72. The summed E-state index contributed by atoms with van der Waals surface area (Å²) in [4.78, 5) is 3.77. The Morgan fingerprint density at radius 3 is 3.08 bits per heavy atom. The van der Waals surface area contributed by atoms with Gasteiger partial charge in [0.2, 0.25) is 0 Å². The minimum atomic E-state index is 0.326. The molecule has 2 heterocycles. The lowest BCUT2D eigenvalue weighted by Crippen LogP contribution is -2.18. The summed E-state index contributed by atoms with van der Waals surface area (Å²) in [6.45, 7) is 1.35. The van der Waals surface area contributed by atoms with Crippen LogP contribution in [0.15, 0.2) is 17.5 Å². The third-order valence-electron chi connectivity index (χ3n) is 2.76. The monoisotopic (exact) mass is 197 g/mol. The zero-order valence-electron chi connectivity index (χ0n) is 7.81. The van der Waals surface area contributed by atoms with Crippen molar-refractivity contribution in [2.45, 2.75) is 12.5 Å². The van der Waals surface area contributed by atoms with E-state index in [0.29, 0.717) is 18.6 Å². The number of hydrogen-bond acceptors (Lipinski definition) is 3. The highest BCUT2D eigenvalue weighted by Crippen LogP contribution is 2.35. The van der Waals surface area contributed by atoms with Crippen LogP contribution in [-0.4, -0.2) is 30.2 Å². The fraction of sp³-hybridized carbons (Fsp3) is 0.600. The van der Waals surface area contributed by atoms with Crippen LogP contribution in [0.3, 0.4) is 0 Å². The summed E-state index contributed by atoms with van der Waals surface area (Å²) in [7, 11) is 2.14. The Morgan fingerprint density at radius 2 is 2.54 bits per heavy atom. The molecule has 2 unspecified atom stereocenters. The quantitative estimate of drug-likeness (QED) is 0.780. The molecule has 2 nitrogen and oxygen atoms in total. The van der Waals surface area contributed by atoms with Crippen LogP contribution in [0, 0.1) is 5.92 Å². The molecule has 13 heavy (non-hydrogen) atoms. The predicted molar refractivity (Wildman–Crippen MR) is 54.9 cm³/mol. The number of hydrogen-bond donors (Lipinski definition) is 1. The van der Waals surface area contributed by atoms with Crippen LogP contribution >= 0.6 is 11.3 Å². The molecule has 1 aliphatic heterocycles. The summed E-state index contributed by atoms with van der Waals surface area (Å²) < 4.78 is 0. The highest BCUT2D eigenvalue weighted by Gasteiger charge is 2.30. The van der Waals surface area contributed by atoms with E-state index in [-0.39, 0.29) is 0 Å². The molecular formula is C10H15NOS. The van der Waals surface area contributed by atoms with Gasteiger partial charge in [-0.25, -0.2) is 0 Å². The van der Waals surface area contributed by atoms with Crippen LogP contribution in [0.1, 0.15) is 17.3 Å². The van der Waals surface area contributed by atoms with E-state index >= 15 is 0 Å². The summed E-state index contributed by atoms with van der Waals surface area (Å²) in [5.74, 6) is 0.470. The molecule has 0 saturated carbocycles. The normalized spacial score (nSPS) is 29.7. The van der Waals surface area contributed by atoms with Gasteiger partial charge in [-0.1, -0.05) is 6.07 Å². The Morgan fingerprint density at radius 1 is 1.69 bits per heavy atom. The molecule has 2 rings (SSSR count). The van der Waals surface area contributed by atoms with Crippen LogP contribution in [0.2, 0.25) is 0 Å². The lowest BCUT2D eigenvalue weighted by atomic mass is 10.1. The van der Waals surface area contributed by atoms with E-state index in [4.69, 9.17) is 5.11 Å². The van der Waals surface area contributed by atoms with Gasteiger partial charge >= 0.3 is 0 Å². The van der Waals surface area contributed by atoms with Gasteiger partial charge in [0.15, 0.2) is 0 Å². The Labute approximate surface area is 82.8 Å². The minimum absolute atomic E-state index is 0.326. The highest BCUT2D eigenvalue weighted by molar-refractivity contribution is 7.10. The van der Waals surface area contributed by atoms with E-state index in [2.05, 4.69) is 29.5 Å². The van der Waals surface area contributed by atoms with Crippen molar-refractivity contribution < 1.29 is 5.11 Å². The van der Waals surface area contributed by atoms with Crippen molar-refractivity contribution in [3.05, 3.63) is 22.4 Å². The maximum atomic E-state index is 9.08. The van der Waals surface area contributed by atoms with E-state index in [1.54, 1.807) is 0 Å². The van der Waals surface area contributed by atoms with Gasteiger partial charge in [0.25, 0.3) is 0 Å². The Bertz CT molecular complexity index is 260. The topological polar surface area (TPSA) is 23.5 Å². The van der Waals surface area contributed by atoms with E-state index in [1.165, 1.54) is 4.88 Å². The van der Waals surface area contributed by atoms with E-state index in [9.17, 15) is 0 Å². The SMILES string of the molecule is CN1CC(CO)CC1c1cccs1. The summed E-state index contributed by atoms with van der Waals surface area (Å²) in [6, 6.07) is 4.82. The lowest BCUT2D eigenvalue weighted by molar-refractivity contribution is 0.227. The number of nitrogens with zero attached hydrogens (tertiary/aromatic N) is 1. The fourth-order valence-corrected chi connectivity index (χ4v) is 2.96. The van der Waals surface area contributed by atoms with Crippen molar-refractivity contribution in [2.75, 3.05) is 20.2 Å². The van der Waals surface area contributed by atoms with Crippen molar-refractivity contribution in [3.8, 4) is 0 Å². The first-order valence-corrected chi connectivity index (χ1v) is 5.53. The predicted octanol–water partition coefficient (Wildman–Crippen LogP) is 1.73. The molecule has 0 amide bonds. The van der Waals surface area contributed by atoms with Crippen molar-refractivity contribution in [2.24, 2.45) is 5.92 Å². The molecule has 0 aliphatic carbocycles. The van der Waals surface area contributed by atoms with Crippen molar-refractivity contribution in [1.29, 1.82) is 0 Å². The third-order valence-corrected chi connectivity index (χ3v) is 3.74. The fourth-order valence-electron chi connectivity index (χ4n) is 2.05. The third kappa shape index (κ3) is 1.77. The first-order valence-electron chi connectivity index (χ1n) is 4.65. The Hall–Kier alpha value is -0.380. The van der Waals surface area contributed by atoms with E-state index < -0.39 is 0 Å². The van der Waals surface area contributed by atoms with Gasteiger partial charge < -0.3 is 5.11 Å². The highest BCUT2D eigenvalue weighted by atomic mass is 32.1. The molecule has 3 heteroatoms. The zero-order chi connectivity index (χ0) is 9.26. The second-order valence-electron chi connectivity index (χ2n) is 3.76. The van der Waals surface area contributed by atoms with Crippen LogP contribution in [0.5, 0.6) is 0 Å². The zero-order valence-corrected chi connectivity index (χ0v) is 8.63. The average molecular weight is 197 g/mol. The van der Waals surface area contributed by atoms with Crippen LogP contribution < -0.4 is 0 Å². The molecule has 1 aromatic heterocycles. The van der Waals surface area contributed by atoms with Crippen LogP contribution in [0.4, 0.5) is 0 Å². The molecular weight excluding hydrogens is 182 g/mol. The summed E-state index contributed by atoms with van der Waals surface area (Å²) in [6.07, 6.45) is 1.10. The van der Waals surface area contributed by atoms with Crippen LogP contribution in [0.25, 0.3) is 0 Å². The molecule has 2 atom stereocenters. The van der Waals surface area contributed by atoms with Gasteiger partial charge in [0, 0.05) is 24.1 Å².